The predicted octanol–water partition coefficient (Wildman–Crippen LogP) is 3.64. The van der Waals surface area contributed by atoms with Gasteiger partial charge in [-0.15, -0.1) is 11.3 Å². The van der Waals surface area contributed by atoms with E-state index < -0.39 is 0 Å². The number of hydrogen-bond donors (Lipinski definition) is 0. The fraction of sp³-hybridized carbons (Fsp3) is 0.0909. The summed E-state index contributed by atoms with van der Waals surface area (Å²) in [6, 6.07) is 5.98. The molecule has 0 unspecified atom stereocenters. The molecule has 5 heteroatoms. The van der Waals surface area contributed by atoms with Crippen LogP contribution in [0.15, 0.2) is 38.7 Å². The SMILES string of the molecule is Brc1cnc2nc(Cc3cccs3)oc2c1. The van der Waals surface area contributed by atoms with Gasteiger partial charge in [0.1, 0.15) is 0 Å². The quantitative estimate of drug-likeness (QED) is 0.724. The summed E-state index contributed by atoms with van der Waals surface area (Å²) in [5, 5.41) is 2.05. The molecule has 0 aliphatic carbocycles. The Balaban J connectivity index is 1.99. The average Bonchev–Trinajstić information content (AvgIpc) is 2.86. The van der Waals surface area contributed by atoms with Gasteiger partial charge in [0, 0.05) is 21.6 Å². The zero-order valence-electron chi connectivity index (χ0n) is 8.18. The van der Waals surface area contributed by atoms with E-state index in [-0.39, 0.29) is 0 Å². The minimum atomic E-state index is 0.662. The molecule has 3 aromatic heterocycles. The van der Waals surface area contributed by atoms with Crippen molar-refractivity contribution in [3.05, 3.63) is 45.0 Å². The van der Waals surface area contributed by atoms with E-state index in [9.17, 15) is 0 Å². The molecule has 0 atom stereocenters. The van der Waals surface area contributed by atoms with Gasteiger partial charge in [0.05, 0.1) is 6.42 Å². The lowest BCUT2D eigenvalue weighted by atomic mass is 10.3. The molecule has 0 N–H and O–H groups in total. The second-order valence-corrected chi connectivity index (χ2v) is 5.29. The Morgan fingerprint density at radius 2 is 2.38 bits per heavy atom. The van der Waals surface area contributed by atoms with Crippen LogP contribution in [-0.2, 0) is 6.42 Å². The van der Waals surface area contributed by atoms with Gasteiger partial charge >= 0.3 is 0 Å². The number of halogens is 1. The molecule has 0 saturated carbocycles. The van der Waals surface area contributed by atoms with Crippen LogP contribution in [0.2, 0.25) is 0 Å². The molecule has 0 radical (unpaired) electrons. The van der Waals surface area contributed by atoms with Crippen LogP contribution in [0.1, 0.15) is 10.8 Å². The molecule has 3 nitrogen and oxygen atoms in total. The predicted molar refractivity (Wildman–Crippen MR) is 66.6 cm³/mol. The summed E-state index contributed by atoms with van der Waals surface area (Å²) in [5.41, 5.74) is 1.38. The number of oxazole rings is 1. The van der Waals surface area contributed by atoms with Gasteiger partial charge in [0.15, 0.2) is 11.2 Å². The van der Waals surface area contributed by atoms with Crippen molar-refractivity contribution in [1.29, 1.82) is 0 Å². The van der Waals surface area contributed by atoms with Crippen LogP contribution in [0.4, 0.5) is 0 Å². The van der Waals surface area contributed by atoms with E-state index in [1.54, 1.807) is 17.5 Å². The second kappa shape index (κ2) is 3.99. The lowest BCUT2D eigenvalue weighted by Crippen LogP contribution is -1.83. The second-order valence-electron chi connectivity index (χ2n) is 3.34. The van der Waals surface area contributed by atoms with Gasteiger partial charge in [0.2, 0.25) is 5.89 Å². The summed E-state index contributed by atoms with van der Waals surface area (Å²) >= 11 is 5.06. The minimum Gasteiger partial charge on any atom is -0.438 e. The Morgan fingerprint density at radius 1 is 1.44 bits per heavy atom. The minimum absolute atomic E-state index is 0.662. The third kappa shape index (κ3) is 1.88. The van der Waals surface area contributed by atoms with E-state index >= 15 is 0 Å². The average molecular weight is 295 g/mol. The van der Waals surface area contributed by atoms with E-state index in [2.05, 4.69) is 32.0 Å². The van der Waals surface area contributed by atoms with Gasteiger partial charge in [-0.05, 0) is 27.4 Å². The normalized spacial score (nSPS) is 11.1. The van der Waals surface area contributed by atoms with Gasteiger partial charge < -0.3 is 4.42 Å². The third-order valence-electron chi connectivity index (χ3n) is 2.16. The van der Waals surface area contributed by atoms with Crippen molar-refractivity contribution >= 4 is 38.5 Å². The Bertz CT molecular complexity index is 618. The highest BCUT2D eigenvalue weighted by molar-refractivity contribution is 9.10. The summed E-state index contributed by atoms with van der Waals surface area (Å²) in [5.74, 6) is 0.711. The maximum atomic E-state index is 5.63. The summed E-state index contributed by atoms with van der Waals surface area (Å²) in [7, 11) is 0. The molecule has 3 heterocycles. The topological polar surface area (TPSA) is 38.9 Å². The van der Waals surface area contributed by atoms with Gasteiger partial charge in [0.25, 0.3) is 0 Å². The largest absolute Gasteiger partial charge is 0.438 e. The van der Waals surface area contributed by atoms with Crippen LogP contribution < -0.4 is 0 Å². The Hall–Kier alpha value is -1.20. The lowest BCUT2D eigenvalue weighted by Gasteiger charge is -1.88. The molecule has 0 aliphatic rings. The van der Waals surface area contributed by atoms with Gasteiger partial charge in [-0.1, -0.05) is 6.07 Å². The van der Waals surface area contributed by atoms with E-state index in [0.717, 1.165) is 16.5 Å². The lowest BCUT2D eigenvalue weighted by molar-refractivity contribution is 0.545. The summed E-state index contributed by atoms with van der Waals surface area (Å²) in [6.45, 7) is 0. The van der Waals surface area contributed by atoms with Gasteiger partial charge in [-0.25, -0.2) is 4.98 Å². The Morgan fingerprint density at radius 3 is 3.19 bits per heavy atom. The van der Waals surface area contributed by atoms with E-state index in [1.807, 2.05) is 17.5 Å². The van der Waals surface area contributed by atoms with Crippen molar-refractivity contribution in [2.45, 2.75) is 6.42 Å². The van der Waals surface area contributed by atoms with Crippen molar-refractivity contribution in [3.63, 3.8) is 0 Å². The van der Waals surface area contributed by atoms with Crippen molar-refractivity contribution in [3.8, 4) is 0 Å². The number of hydrogen-bond acceptors (Lipinski definition) is 4. The first-order valence-electron chi connectivity index (χ1n) is 4.74. The molecule has 0 amide bonds. The molecule has 0 saturated heterocycles. The molecular weight excluding hydrogens is 288 g/mol. The number of fused-ring (bicyclic) bond motifs is 1. The molecule has 0 aliphatic heterocycles. The van der Waals surface area contributed by atoms with Crippen LogP contribution in [0.3, 0.4) is 0 Å². The summed E-state index contributed by atoms with van der Waals surface area (Å²) < 4.78 is 6.53. The molecule has 80 valence electrons. The van der Waals surface area contributed by atoms with Crippen molar-refractivity contribution in [2.24, 2.45) is 0 Å². The zero-order valence-corrected chi connectivity index (χ0v) is 10.6. The fourth-order valence-electron chi connectivity index (χ4n) is 1.48. The van der Waals surface area contributed by atoms with Crippen LogP contribution >= 0.6 is 27.3 Å². The Labute approximate surface area is 104 Å². The number of rotatable bonds is 2. The van der Waals surface area contributed by atoms with E-state index in [0.29, 0.717) is 11.5 Å². The van der Waals surface area contributed by atoms with Crippen molar-refractivity contribution in [2.75, 3.05) is 0 Å². The standard InChI is InChI=1S/C11H7BrN2OS/c12-7-4-9-11(13-6-7)14-10(15-9)5-8-2-1-3-16-8/h1-4,6H,5H2. The maximum absolute atomic E-state index is 5.63. The van der Waals surface area contributed by atoms with Crippen LogP contribution in [0.5, 0.6) is 0 Å². The van der Waals surface area contributed by atoms with Crippen molar-refractivity contribution < 1.29 is 4.42 Å². The highest BCUT2D eigenvalue weighted by Gasteiger charge is 2.08. The molecule has 0 spiro atoms. The first kappa shape index (κ1) is 9.99. The number of aromatic nitrogens is 2. The zero-order chi connectivity index (χ0) is 11.0. The molecular formula is C11H7BrN2OS. The van der Waals surface area contributed by atoms with Crippen LogP contribution in [0, 0.1) is 0 Å². The summed E-state index contributed by atoms with van der Waals surface area (Å²) in [4.78, 5) is 9.76. The number of pyridine rings is 1. The maximum Gasteiger partial charge on any atom is 0.202 e. The molecule has 0 aromatic carbocycles. The van der Waals surface area contributed by atoms with Crippen molar-refractivity contribution in [1.82, 2.24) is 9.97 Å². The smallest absolute Gasteiger partial charge is 0.202 e. The third-order valence-corrected chi connectivity index (χ3v) is 3.47. The van der Waals surface area contributed by atoms with E-state index in [4.69, 9.17) is 4.42 Å². The van der Waals surface area contributed by atoms with E-state index in [1.165, 1.54) is 4.88 Å². The van der Waals surface area contributed by atoms with Gasteiger partial charge in [-0.3, -0.25) is 0 Å². The Kier molecular flexibility index (Phi) is 2.49. The highest BCUT2D eigenvalue weighted by Crippen LogP contribution is 2.20. The number of thiophene rings is 1. The van der Waals surface area contributed by atoms with Gasteiger partial charge in [-0.2, -0.15) is 4.98 Å². The summed E-state index contributed by atoms with van der Waals surface area (Å²) in [6.07, 6.45) is 2.45. The molecule has 0 fully saturated rings. The highest BCUT2D eigenvalue weighted by atomic mass is 79.9. The van der Waals surface area contributed by atoms with Crippen LogP contribution in [-0.4, -0.2) is 9.97 Å². The van der Waals surface area contributed by atoms with Crippen LogP contribution in [0.25, 0.3) is 11.2 Å². The fourth-order valence-corrected chi connectivity index (χ4v) is 2.48. The molecule has 3 aromatic rings. The first-order valence-corrected chi connectivity index (χ1v) is 6.42. The number of nitrogens with zero attached hydrogens (tertiary/aromatic N) is 2. The first-order chi connectivity index (χ1) is 7.81. The monoisotopic (exact) mass is 294 g/mol. The molecule has 3 rings (SSSR count). The molecule has 0 bridgehead atoms. The molecule has 16 heavy (non-hydrogen) atoms.